The number of carboxylic acids is 1. The van der Waals surface area contributed by atoms with E-state index in [9.17, 15) is 19.5 Å². The van der Waals surface area contributed by atoms with E-state index in [-0.39, 0.29) is 42.3 Å². The number of ether oxygens (including phenoxy) is 1. The Bertz CT molecular complexity index is 510. The Morgan fingerprint density at radius 3 is 2.44 bits per heavy atom. The van der Waals surface area contributed by atoms with Crippen LogP contribution in [0.15, 0.2) is 0 Å². The zero-order chi connectivity index (χ0) is 18.6. The second-order valence-electron chi connectivity index (χ2n) is 8.05. The summed E-state index contributed by atoms with van der Waals surface area (Å²) in [7, 11) is 0. The lowest BCUT2D eigenvalue weighted by atomic mass is 9.96. The van der Waals surface area contributed by atoms with Crippen LogP contribution in [0.5, 0.6) is 0 Å². The molecule has 2 unspecified atom stereocenters. The summed E-state index contributed by atoms with van der Waals surface area (Å²) >= 11 is 0. The van der Waals surface area contributed by atoms with Gasteiger partial charge in [-0.25, -0.2) is 4.79 Å². The number of piperidine rings is 1. The average Bonchev–Trinajstić information content (AvgIpc) is 3.36. The maximum Gasteiger partial charge on any atom is 0.326 e. The molecule has 1 saturated heterocycles. The molecule has 25 heavy (non-hydrogen) atoms. The number of likely N-dealkylation sites (tertiary alicyclic amines) is 1. The molecule has 1 aliphatic carbocycles. The van der Waals surface area contributed by atoms with Crippen molar-refractivity contribution in [2.45, 2.75) is 64.5 Å². The first-order valence-electron chi connectivity index (χ1n) is 9.13. The number of carbonyl (C=O) groups is 3. The van der Waals surface area contributed by atoms with Gasteiger partial charge in [0.25, 0.3) is 0 Å². The molecule has 1 heterocycles. The Labute approximate surface area is 149 Å². The normalized spacial score (nSPS) is 22.4. The summed E-state index contributed by atoms with van der Waals surface area (Å²) in [5.41, 5.74) is -0.347. The summed E-state index contributed by atoms with van der Waals surface area (Å²) in [4.78, 5) is 37.8. The van der Waals surface area contributed by atoms with Gasteiger partial charge in [-0.2, -0.15) is 0 Å². The fourth-order valence-corrected chi connectivity index (χ4v) is 3.01. The van der Waals surface area contributed by atoms with E-state index >= 15 is 0 Å². The third-order valence-corrected chi connectivity index (χ3v) is 4.59. The van der Waals surface area contributed by atoms with Crippen molar-refractivity contribution in [3.8, 4) is 0 Å². The fourth-order valence-electron chi connectivity index (χ4n) is 3.01. The predicted molar refractivity (Wildman–Crippen MR) is 91.9 cm³/mol. The molecule has 2 rings (SSSR count). The summed E-state index contributed by atoms with van der Waals surface area (Å²) in [5, 5.41) is 12.0. The topological polar surface area (TPSA) is 95.9 Å². The van der Waals surface area contributed by atoms with Crippen LogP contribution in [0.1, 0.15) is 52.9 Å². The van der Waals surface area contributed by atoms with Crippen LogP contribution in [-0.4, -0.2) is 59.1 Å². The second-order valence-corrected chi connectivity index (χ2v) is 8.05. The molecule has 0 bridgehead atoms. The third kappa shape index (κ3) is 6.30. The summed E-state index contributed by atoms with van der Waals surface area (Å²) in [6.07, 6.45) is 3.57. The van der Waals surface area contributed by atoms with Gasteiger partial charge in [-0.05, 0) is 46.5 Å². The maximum absolute atomic E-state index is 12.5. The minimum atomic E-state index is -1.06. The summed E-state index contributed by atoms with van der Waals surface area (Å²) < 4.78 is 5.55. The molecule has 2 aliphatic rings. The monoisotopic (exact) mass is 354 g/mol. The van der Waals surface area contributed by atoms with Crippen LogP contribution in [0.25, 0.3) is 0 Å². The van der Waals surface area contributed by atoms with Crippen molar-refractivity contribution in [3.63, 3.8) is 0 Å². The molecular weight excluding hydrogens is 324 g/mol. The van der Waals surface area contributed by atoms with E-state index in [4.69, 9.17) is 4.74 Å². The number of nitrogens with one attached hydrogen (secondary N) is 1. The van der Waals surface area contributed by atoms with Crippen molar-refractivity contribution in [1.29, 1.82) is 0 Å². The number of carboxylic acid groups (broad SMARTS) is 1. The van der Waals surface area contributed by atoms with Gasteiger partial charge in [0.15, 0.2) is 0 Å². The largest absolute Gasteiger partial charge is 0.480 e. The molecule has 1 saturated carbocycles. The first-order chi connectivity index (χ1) is 11.7. The molecule has 0 aromatic rings. The smallest absolute Gasteiger partial charge is 0.326 e. The maximum atomic E-state index is 12.5. The SMILES string of the molecule is CC(C)(C)OCCC(NC(=O)C1CCCN(C(=O)C2CC2)C1)C(=O)O. The summed E-state index contributed by atoms with van der Waals surface area (Å²) in [6, 6.07) is -0.968. The van der Waals surface area contributed by atoms with E-state index in [0.717, 1.165) is 19.3 Å². The lowest BCUT2D eigenvalue weighted by Gasteiger charge is -2.32. The molecule has 2 fully saturated rings. The van der Waals surface area contributed by atoms with Crippen molar-refractivity contribution < 1.29 is 24.2 Å². The quantitative estimate of drug-likeness (QED) is 0.721. The zero-order valence-corrected chi connectivity index (χ0v) is 15.4. The molecule has 7 nitrogen and oxygen atoms in total. The van der Waals surface area contributed by atoms with Crippen molar-refractivity contribution in [1.82, 2.24) is 10.2 Å². The Balaban J connectivity index is 1.84. The van der Waals surface area contributed by atoms with E-state index in [2.05, 4.69) is 5.32 Å². The molecule has 142 valence electrons. The fraction of sp³-hybridized carbons (Fsp3) is 0.833. The van der Waals surface area contributed by atoms with Gasteiger partial charge in [-0.15, -0.1) is 0 Å². The Morgan fingerprint density at radius 2 is 1.88 bits per heavy atom. The lowest BCUT2D eigenvalue weighted by molar-refractivity contribution is -0.144. The van der Waals surface area contributed by atoms with Crippen LogP contribution < -0.4 is 5.32 Å². The number of hydrogen-bond donors (Lipinski definition) is 2. The van der Waals surface area contributed by atoms with E-state index in [1.807, 2.05) is 20.8 Å². The zero-order valence-electron chi connectivity index (χ0n) is 15.4. The van der Waals surface area contributed by atoms with Crippen LogP contribution in [0.2, 0.25) is 0 Å². The molecule has 0 aromatic heterocycles. The average molecular weight is 354 g/mol. The molecule has 0 spiro atoms. The van der Waals surface area contributed by atoms with Crippen molar-refractivity contribution >= 4 is 17.8 Å². The number of carbonyl (C=O) groups excluding carboxylic acids is 2. The highest BCUT2D eigenvalue weighted by atomic mass is 16.5. The van der Waals surface area contributed by atoms with Crippen molar-refractivity contribution in [2.75, 3.05) is 19.7 Å². The van der Waals surface area contributed by atoms with Gasteiger partial charge in [0.1, 0.15) is 6.04 Å². The number of nitrogens with zero attached hydrogens (tertiary/aromatic N) is 1. The van der Waals surface area contributed by atoms with Gasteiger partial charge in [-0.1, -0.05) is 0 Å². The van der Waals surface area contributed by atoms with Crippen LogP contribution in [0, 0.1) is 11.8 Å². The number of amides is 2. The molecule has 1 aliphatic heterocycles. The first-order valence-corrected chi connectivity index (χ1v) is 9.13. The first kappa shape index (κ1) is 19.7. The van der Waals surface area contributed by atoms with E-state index < -0.39 is 12.0 Å². The molecule has 7 heteroatoms. The van der Waals surface area contributed by atoms with Gasteiger partial charge >= 0.3 is 5.97 Å². The highest BCUT2D eigenvalue weighted by Crippen LogP contribution is 2.32. The lowest BCUT2D eigenvalue weighted by Crippen LogP contribution is -2.50. The van der Waals surface area contributed by atoms with Crippen LogP contribution >= 0.6 is 0 Å². The van der Waals surface area contributed by atoms with Gasteiger partial charge in [0.05, 0.1) is 11.5 Å². The van der Waals surface area contributed by atoms with E-state index in [1.54, 1.807) is 4.90 Å². The van der Waals surface area contributed by atoms with Crippen LogP contribution in [-0.2, 0) is 19.1 Å². The Hall–Kier alpha value is -1.63. The third-order valence-electron chi connectivity index (χ3n) is 4.59. The van der Waals surface area contributed by atoms with Gasteiger partial charge in [-0.3, -0.25) is 9.59 Å². The van der Waals surface area contributed by atoms with Crippen molar-refractivity contribution in [3.05, 3.63) is 0 Å². The highest BCUT2D eigenvalue weighted by Gasteiger charge is 2.37. The number of rotatable bonds is 7. The second kappa shape index (κ2) is 8.17. The van der Waals surface area contributed by atoms with Gasteiger partial charge in [0, 0.05) is 32.0 Å². The molecule has 2 atom stereocenters. The van der Waals surface area contributed by atoms with Gasteiger partial charge < -0.3 is 20.1 Å². The minimum absolute atomic E-state index is 0.142. The molecule has 2 N–H and O–H groups in total. The standard InChI is InChI=1S/C18H30N2O5/c1-18(2,3)25-10-8-14(17(23)24)19-15(21)13-5-4-9-20(11-13)16(22)12-6-7-12/h12-14H,4-11H2,1-3H3,(H,19,21)(H,23,24). The van der Waals surface area contributed by atoms with Crippen LogP contribution in [0.4, 0.5) is 0 Å². The van der Waals surface area contributed by atoms with E-state index in [1.165, 1.54) is 0 Å². The van der Waals surface area contributed by atoms with Gasteiger partial charge in [0.2, 0.25) is 11.8 Å². The molecule has 2 amide bonds. The molecule has 0 aromatic carbocycles. The predicted octanol–water partition coefficient (Wildman–Crippen LogP) is 1.41. The number of aliphatic carboxylic acids is 1. The van der Waals surface area contributed by atoms with Crippen LogP contribution in [0.3, 0.4) is 0 Å². The Kier molecular flexibility index (Phi) is 6.43. The minimum Gasteiger partial charge on any atom is -0.480 e. The van der Waals surface area contributed by atoms with E-state index in [0.29, 0.717) is 19.5 Å². The number of hydrogen-bond acceptors (Lipinski definition) is 4. The summed E-state index contributed by atoms with van der Waals surface area (Å²) in [5.74, 6) is -1.39. The summed E-state index contributed by atoms with van der Waals surface area (Å²) in [6.45, 7) is 7.04. The highest BCUT2D eigenvalue weighted by molar-refractivity contribution is 5.86. The van der Waals surface area contributed by atoms with Crippen molar-refractivity contribution in [2.24, 2.45) is 11.8 Å². The Morgan fingerprint density at radius 1 is 1.20 bits per heavy atom. The molecule has 0 radical (unpaired) electrons. The molecular formula is C18H30N2O5.